The van der Waals surface area contributed by atoms with E-state index in [-0.39, 0.29) is 6.09 Å². The van der Waals surface area contributed by atoms with Crippen molar-refractivity contribution in [3.63, 3.8) is 0 Å². The van der Waals surface area contributed by atoms with Crippen molar-refractivity contribution in [2.75, 3.05) is 26.2 Å². The predicted molar refractivity (Wildman–Crippen MR) is 91.1 cm³/mol. The number of rotatable bonds is 7. The molecule has 1 saturated heterocycles. The second kappa shape index (κ2) is 9.36. The van der Waals surface area contributed by atoms with Crippen LogP contribution in [-0.4, -0.2) is 43.9 Å². The van der Waals surface area contributed by atoms with E-state index in [4.69, 9.17) is 4.74 Å². The number of hydrogen-bond acceptors (Lipinski definition) is 4. The standard InChI is InChI=1S/C17H35N3O2/c1-13(2)9-15(12-20-16(21)22-17(3,4)5)19-11-14-7-6-8-18-10-14/h13-15,18-19H,6-12H2,1-5H3,(H,20,21). The first-order chi connectivity index (χ1) is 10.3. The number of carbonyl (C=O) groups is 1. The molecule has 0 aromatic carbocycles. The van der Waals surface area contributed by atoms with Crippen LogP contribution in [0.15, 0.2) is 0 Å². The Hall–Kier alpha value is -0.810. The molecule has 5 heteroatoms. The number of hydrogen-bond donors (Lipinski definition) is 3. The van der Waals surface area contributed by atoms with Gasteiger partial charge in [-0.25, -0.2) is 4.79 Å². The van der Waals surface area contributed by atoms with Crippen molar-refractivity contribution in [3.8, 4) is 0 Å². The lowest BCUT2D eigenvalue weighted by molar-refractivity contribution is 0.0520. The Morgan fingerprint density at radius 2 is 2.09 bits per heavy atom. The van der Waals surface area contributed by atoms with Gasteiger partial charge in [-0.05, 0) is 71.5 Å². The lowest BCUT2D eigenvalue weighted by atomic mass is 9.98. The molecule has 0 aliphatic carbocycles. The minimum atomic E-state index is -0.446. The monoisotopic (exact) mass is 313 g/mol. The fourth-order valence-electron chi connectivity index (χ4n) is 2.76. The molecule has 1 aliphatic rings. The zero-order valence-corrected chi connectivity index (χ0v) is 15.0. The molecule has 2 unspecified atom stereocenters. The molecule has 22 heavy (non-hydrogen) atoms. The van der Waals surface area contributed by atoms with Gasteiger partial charge < -0.3 is 20.7 Å². The Morgan fingerprint density at radius 3 is 2.64 bits per heavy atom. The maximum atomic E-state index is 11.8. The molecular weight excluding hydrogens is 278 g/mol. The Morgan fingerprint density at radius 1 is 1.36 bits per heavy atom. The summed E-state index contributed by atoms with van der Waals surface area (Å²) in [5.41, 5.74) is -0.446. The van der Waals surface area contributed by atoms with Gasteiger partial charge >= 0.3 is 6.09 Å². The summed E-state index contributed by atoms with van der Waals surface area (Å²) < 4.78 is 5.30. The highest BCUT2D eigenvalue weighted by molar-refractivity contribution is 5.67. The third-order valence-electron chi connectivity index (χ3n) is 3.74. The van der Waals surface area contributed by atoms with Crippen molar-refractivity contribution in [2.24, 2.45) is 11.8 Å². The minimum absolute atomic E-state index is 0.300. The van der Waals surface area contributed by atoms with Crippen molar-refractivity contribution in [3.05, 3.63) is 0 Å². The fraction of sp³-hybridized carbons (Fsp3) is 0.941. The maximum absolute atomic E-state index is 11.8. The van der Waals surface area contributed by atoms with E-state index in [1.54, 1.807) is 0 Å². The number of amides is 1. The SMILES string of the molecule is CC(C)CC(CNC(=O)OC(C)(C)C)NCC1CCCNC1. The van der Waals surface area contributed by atoms with Gasteiger partial charge in [0.2, 0.25) is 0 Å². The second-order valence-corrected chi connectivity index (χ2v) is 7.83. The molecule has 0 spiro atoms. The molecule has 1 fully saturated rings. The van der Waals surface area contributed by atoms with Crippen molar-refractivity contribution >= 4 is 6.09 Å². The third kappa shape index (κ3) is 9.26. The van der Waals surface area contributed by atoms with Gasteiger partial charge in [0.1, 0.15) is 5.60 Å². The lowest BCUT2D eigenvalue weighted by Crippen LogP contribution is -2.46. The molecular formula is C17H35N3O2. The average molecular weight is 313 g/mol. The number of nitrogens with one attached hydrogen (secondary N) is 3. The van der Waals surface area contributed by atoms with Gasteiger partial charge in [-0.2, -0.15) is 0 Å². The van der Waals surface area contributed by atoms with Gasteiger partial charge in [0, 0.05) is 12.6 Å². The Labute approximate surface area is 135 Å². The summed E-state index contributed by atoms with van der Waals surface area (Å²) in [6.07, 6.45) is 3.27. The average Bonchev–Trinajstić information content (AvgIpc) is 2.40. The first kappa shape index (κ1) is 19.2. The molecule has 1 amide bonds. The summed E-state index contributed by atoms with van der Waals surface area (Å²) in [6, 6.07) is 0.300. The normalized spacial score (nSPS) is 20.7. The Kier molecular flexibility index (Phi) is 8.18. The van der Waals surface area contributed by atoms with E-state index in [9.17, 15) is 4.79 Å². The first-order valence-corrected chi connectivity index (χ1v) is 8.67. The number of alkyl carbamates (subject to hydrolysis) is 1. The summed E-state index contributed by atoms with van der Waals surface area (Å²) in [5.74, 6) is 1.30. The number of ether oxygens (including phenoxy) is 1. The van der Waals surface area contributed by atoms with Crippen molar-refractivity contribution in [2.45, 2.75) is 65.5 Å². The van der Waals surface area contributed by atoms with Gasteiger partial charge in [-0.15, -0.1) is 0 Å². The molecule has 0 radical (unpaired) electrons. The van der Waals surface area contributed by atoms with E-state index in [2.05, 4.69) is 29.8 Å². The molecule has 130 valence electrons. The molecule has 2 atom stereocenters. The first-order valence-electron chi connectivity index (χ1n) is 8.67. The van der Waals surface area contributed by atoms with Gasteiger partial charge in [0.25, 0.3) is 0 Å². The van der Waals surface area contributed by atoms with E-state index in [0.717, 1.165) is 26.1 Å². The molecule has 1 rings (SSSR count). The van der Waals surface area contributed by atoms with Gasteiger partial charge in [0.05, 0.1) is 0 Å². The fourth-order valence-corrected chi connectivity index (χ4v) is 2.76. The van der Waals surface area contributed by atoms with Crippen LogP contribution in [0, 0.1) is 11.8 Å². The minimum Gasteiger partial charge on any atom is -0.444 e. The van der Waals surface area contributed by atoms with Crippen LogP contribution in [0.4, 0.5) is 4.79 Å². The lowest BCUT2D eigenvalue weighted by Gasteiger charge is -2.27. The summed E-state index contributed by atoms with van der Waals surface area (Å²) in [6.45, 7) is 13.9. The molecule has 0 saturated carbocycles. The molecule has 0 bridgehead atoms. The zero-order valence-electron chi connectivity index (χ0n) is 15.0. The predicted octanol–water partition coefficient (Wildman–Crippen LogP) is 2.52. The molecule has 0 aromatic heterocycles. The quantitative estimate of drug-likeness (QED) is 0.676. The maximum Gasteiger partial charge on any atom is 0.407 e. The van der Waals surface area contributed by atoms with Gasteiger partial charge in [0.15, 0.2) is 0 Å². The third-order valence-corrected chi connectivity index (χ3v) is 3.74. The van der Waals surface area contributed by atoms with Crippen LogP contribution in [0.5, 0.6) is 0 Å². The Bertz CT molecular complexity index is 320. The van der Waals surface area contributed by atoms with Crippen LogP contribution in [0.1, 0.15) is 53.9 Å². The van der Waals surface area contributed by atoms with E-state index in [1.807, 2.05) is 20.8 Å². The van der Waals surface area contributed by atoms with E-state index >= 15 is 0 Å². The summed E-state index contributed by atoms with van der Waals surface area (Å²) >= 11 is 0. The van der Waals surface area contributed by atoms with Crippen LogP contribution >= 0.6 is 0 Å². The van der Waals surface area contributed by atoms with Crippen molar-refractivity contribution < 1.29 is 9.53 Å². The van der Waals surface area contributed by atoms with Crippen LogP contribution in [-0.2, 0) is 4.74 Å². The molecule has 1 aliphatic heterocycles. The van der Waals surface area contributed by atoms with Crippen molar-refractivity contribution in [1.29, 1.82) is 0 Å². The van der Waals surface area contributed by atoms with Crippen LogP contribution < -0.4 is 16.0 Å². The summed E-state index contributed by atoms with van der Waals surface area (Å²) in [5, 5.41) is 9.97. The van der Waals surface area contributed by atoms with Gasteiger partial charge in [-0.1, -0.05) is 13.8 Å². The smallest absolute Gasteiger partial charge is 0.407 e. The summed E-state index contributed by atoms with van der Waals surface area (Å²) in [4.78, 5) is 11.8. The Balaban J connectivity index is 2.34. The number of carbonyl (C=O) groups excluding carboxylic acids is 1. The second-order valence-electron chi connectivity index (χ2n) is 7.83. The van der Waals surface area contributed by atoms with E-state index in [0.29, 0.717) is 24.4 Å². The van der Waals surface area contributed by atoms with E-state index < -0.39 is 5.60 Å². The highest BCUT2D eigenvalue weighted by Gasteiger charge is 2.19. The highest BCUT2D eigenvalue weighted by Crippen LogP contribution is 2.11. The topological polar surface area (TPSA) is 62.4 Å². The summed E-state index contributed by atoms with van der Waals surface area (Å²) in [7, 11) is 0. The number of piperidine rings is 1. The van der Waals surface area contributed by atoms with Gasteiger partial charge in [-0.3, -0.25) is 0 Å². The molecule has 1 heterocycles. The van der Waals surface area contributed by atoms with Crippen LogP contribution in [0.25, 0.3) is 0 Å². The zero-order chi connectivity index (χ0) is 16.6. The largest absolute Gasteiger partial charge is 0.444 e. The van der Waals surface area contributed by atoms with E-state index in [1.165, 1.54) is 12.8 Å². The van der Waals surface area contributed by atoms with Crippen LogP contribution in [0.3, 0.4) is 0 Å². The molecule has 0 aromatic rings. The van der Waals surface area contributed by atoms with Crippen LogP contribution in [0.2, 0.25) is 0 Å². The molecule has 5 nitrogen and oxygen atoms in total. The highest BCUT2D eigenvalue weighted by atomic mass is 16.6. The molecule has 3 N–H and O–H groups in total. The van der Waals surface area contributed by atoms with Crippen molar-refractivity contribution in [1.82, 2.24) is 16.0 Å².